The van der Waals surface area contributed by atoms with E-state index in [9.17, 15) is 0 Å². The molecular formula is C13H18Cl2NSiTi-. The molecule has 0 spiro atoms. The van der Waals surface area contributed by atoms with E-state index >= 15 is 0 Å². The molecule has 18 heavy (non-hydrogen) atoms. The van der Waals surface area contributed by atoms with Crippen LogP contribution in [0.5, 0.6) is 0 Å². The number of quaternary nitrogens is 1. The zero-order chi connectivity index (χ0) is 10.7. The number of para-hydroxylation sites is 1. The molecule has 1 N–H and O–H groups in total. The van der Waals surface area contributed by atoms with Crippen molar-refractivity contribution in [2.45, 2.75) is 19.5 Å². The summed E-state index contributed by atoms with van der Waals surface area (Å²) in [7, 11) is -0.757. The molecule has 0 amide bonds. The summed E-state index contributed by atoms with van der Waals surface area (Å²) in [5.74, 6) is 0. The molecule has 0 heterocycles. The third kappa shape index (κ3) is 5.04. The first-order valence-electron chi connectivity index (χ1n) is 5.57. The summed E-state index contributed by atoms with van der Waals surface area (Å²) in [5.41, 5.74) is 2.96. The topological polar surface area (TPSA) is 4.44 Å². The van der Waals surface area contributed by atoms with Gasteiger partial charge in [-0.15, -0.1) is 0 Å². The average molecular weight is 335 g/mol. The van der Waals surface area contributed by atoms with Gasteiger partial charge in [0.2, 0.25) is 0 Å². The Bertz CT molecular complexity index is 393. The third-order valence-electron chi connectivity index (χ3n) is 2.78. The van der Waals surface area contributed by atoms with Crippen molar-refractivity contribution in [3.8, 4) is 0 Å². The normalized spacial score (nSPS) is 14.1. The van der Waals surface area contributed by atoms with E-state index < -0.39 is 8.96 Å². The van der Waals surface area contributed by atoms with Crippen molar-refractivity contribution in [3.63, 3.8) is 0 Å². The number of nitrogens with one attached hydrogen (secondary N) is 1. The minimum absolute atomic E-state index is 0. The van der Waals surface area contributed by atoms with Gasteiger partial charge in [-0.1, -0.05) is 30.4 Å². The zero-order valence-corrected chi connectivity index (χ0v) is 14.9. The second kappa shape index (κ2) is 10.0. The van der Waals surface area contributed by atoms with Gasteiger partial charge in [0.25, 0.3) is 8.96 Å². The first kappa shape index (κ1) is 20.5. The van der Waals surface area contributed by atoms with E-state index in [4.69, 9.17) is 0 Å². The Labute approximate surface area is 139 Å². The molecule has 0 aliphatic heterocycles. The van der Waals surface area contributed by atoms with Gasteiger partial charge in [-0.25, -0.2) is 0 Å². The summed E-state index contributed by atoms with van der Waals surface area (Å²) in [5, 5.41) is 0. The fraction of sp³-hybridized carbons (Fsp3) is 0.231. The second-order valence-corrected chi connectivity index (χ2v) is 7.15. The second-order valence-electron chi connectivity index (χ2n) is 4.26. The van der Waals surface area contributed by atoms with E-state index in [1.54, 1.807) is 4.57 Å². The van der Waals surface area contributed by atoms with Crippen LogP contribution in [0, 0.1) is 0 Å². The van der Waals surface area contributed by atoms with Crippen LogP contribution in [0.2, 0.25) is 13.1 Å². The van der Waals surface area contributed by atoms with Gasteiger partial charge in [0, 0.05) is 28.1 Å². The number of halogens is 2. The molecule has 1 aliphatic carbocycles. The summed E-state index contributed by atoms with van der Waals surface area (Å²) >= 11 is 0. The van der Waals surface area contributed by atoms with Crippen molar-refractivity contribution in [1.82, 2.24) is 0 Å². The monoisotopic (exact) mass is 334 g/mol. The Balaban J connectivity index is 0. The molecule has 98 valence electrons. The van der Waals surface area contributed by atoms with Crippen LogP contribution in [-0.4, -0.2) is 8.96 Å². The molecule has 1 aromatic rings. The molecule has 0 fully saturated rings. The van der Waals surface area contributed by atoms with Crippen molar-refractivity contribution in [2.24, 2.45) is 0 Å². The average Bonchev–Trinajstić information content (AvgIpc) is 2.72. The fourth-order valence-electron chi connectivity index (χ4n) is 2.15. The molecule has 0 bridgehead atoms. The van der Waals surface area contributed by atoms with Crippen LogP contribution in [0.4, 0.5) is 5.69 Å². The summed E-state index contributed by atoms with van der Waals surface area (Å²) in [6, 6.07) is 10.8. The van der Waals surface area contributed by atoms with Crippen LogP contribution in [0.1, 0.15) is 6.42 Å². The predicted octanol–water partition coefficient (Wildman–Crippen LogP) is -3.96. The summed E-state index contributed by atoms with van der Waals surface area (Å²) in [4.78, 5) is 0. The number of rotatable bonds is 3. The maximum absolute atomic E-state index is 2.40. The van der Waals surface area contributed by atoms with Crippen molar-refractivity contribution in [2.75, 3.05) is 0 Å². The largest absolute Gasteiger partial charge is 1.00 e. The molecule has 2 rings (SSSR count). The summed E-state index contributed by atoms with van der Waals surface area (Å²) < 4.78 is 1.63. The van der Waals surface area contributed by atoms with Gasteiger partial charge in [0.05, 0.1) is 5.70 Å². The molecule has 0 saturated heterocycles. The van der Waals surface area contributed by atoms with Gasteiger partial charge in [0.1, 0.15) is 5.69 Å². The van der Waals surface area contributed by atoms with E-state index in [-0.39, 0.29) is 46.5 Å². The van der Waals surface area contributed by atoms with Crippen molar-refractivity contribution in [3.05, 3.63) is 54.3 Å². The Morgan fingerprint density at radius 2 is 1.67 bits per heavy atom. The Hall–Kier alpha value is 0.171. The van der Waals surface area contributed by atoms with Crippen molar-refractivity contribution >= 4 is 14.6 Å². The number of hydrogen-bond acceptors (Lipinski definition) is 0. The molecule has 0 aromatic heterocycles. The first-order valence-corrected chi connectivity index (χ1v) is 8.46. The van der Waals surface area contributed by atoms with Crippen LogP contribution in [-0.2, 0) is 21.7 Å². The maximum Gasteiger partial charge on any atom is 0.272 e. The van der Waals surface area contributed by atoms with Gasteiger partial charge < -0.3 is 29.4 Å². The minimum atomic E-state index is -0.757. The number of benzene rings is 1. The van der Waals surface area contributed by atoms with Crippen LogP contribution in [0.25, 0.3) is 0 Å². The Morgan fingerprint density at radius 3 is 2.11 bits per heavy atom. The molecule has 1 aliphatic rings. The summed E-state index contributed by atoms with van der Waals surface area (Å²) in [6.45, 7) is 4.81. The first-order chi connectivity index (χ1) is 7.29. The molecule has 1 nitrogen and oxygen atoms in total. The summed E-state index contributed by atoms with van der Waals surface area (Å²) in [6.07, 6.45) is 7.81. The fourth-order valence-corrected chi connectivity index (χ4v) is 3.97. The molecule has 5 heteroatoms. The quantitative estimate of drug-likeness (QED) is 0.538. The van der Waals surface area contributed by atoms with Gasteiger partial charge in [-0.05, 0) is 31.3 Å². The number of hydrogen-bond donors (Lipinski definition) is 1. The number of allylic oxidation sites excluding steroid dienone is 3. The van der Waals surface area contributed by atoms with Crippen molar-refractivity contribution in [1.29, 1.82) is 0 Å². The SMILES string of the molecule is C[SiH](C)[NH+](C1=CC=CC1)c1ccccc1.[Cl-].[Cl-].[Ti]. The molecule has 1 unspecified atom stereocenters. The van der Waals surface area contributed by atoms with Gasteiger partial charge in [0.15, 0.2) is 0 Å². The van der Waals surface area contributed by atoms with Crippen LogP contribution >= 0.6 is 0 Å². The maximum atomic E-state index is 2.40. The van der Waals surface area contributed by atoms with Gasteiger partial charge in [-0.2, -0.15) is 0 Å². The van der Waals surface area contributed by atoms with Crippen LogP contribution in [0.3, 0.4) is 0 Å². The predicted molar refractivity (Wildman–Crippen MR) is 67.8 cm³/mol. The zero-order valence-electron chi connectivity index (χ0n) is 10.7. The van der Waals surface area contributed by atoms with Crippen molar-refractivity contribution < 1.29 is 51.1 Å². The molecule has 1 atom stereocenters. The van der Waals surface area contributed by atoms with Gasteiger partial charge in [-0.3, -0.25) is 0 Å². The van der Waals surface area contributed by atoms with Gasteiger partial charge >= 0.3 is 0 Å². The van der Waals surface area contributed by atoms with E-state index in [0.717, 1.165) is 6.42 Å². The molecule has 0 saturated carbocycles. The Morgan fingerprint density at radius 1 is 1.06 bits per heavy atom. The van der Waals surface area contributed by atoms with Crippen LogP contribution < -0.4 is 29.4 Å². The van der Waals surface area contributed by atoms with E-state index in [1.165, 1.54) is 11.4 Å². The molecular weight excluding hydrogens is 317 g/mol. The minimum Gasteiger partial charge on any atom is -1.00 e. The van der Waals surface area contributed by atoms with E-state index in [2.05, 4.69) is 61.7 Å². The molecule has 1 aromatic carbocycles. The van der Waals surface area contributed by atoms with E-state index in [1.807, 2.05) is 0 Å². The smallest absolute Gasteiger partial charge is 0.272 e. The van der Waals surface area contributed by atoms with Crippen LogP contribution in [0.15, 0.2) is 54.3 Å². The Kier molecular flexibility index (Phi) is 11.4. The molecule has 0 radical (unpaired) electrons. The third-order valence-corrected chi connectivity index (χ3v) is 4.64. The standard InChI is InChI=1S/C13H17NSi.2ClH.Ti/c1-15(2)14(13-10-6-7-11-13)12-8-4-3-5-9-12;;;/h3-10,15H,11H2,1-2H3;2*1H;/p-1. The van der Waals surface area contributed by atoms with E-state index in [0.29, 0.717) is 0 Å².